The number of para-hydroxylation sites is 1. The summed E-state index contributed by atoms with van der Waals surface area (Å²) in [7, 11) is -4.48. The fourth-order valence-electron chi connectivity index (χ4n) is 3.97. The van der Waals surface area contributed by atoms with Crippen LogP contribution in [0.3, 0.4) is 0 Å². The van der Waals surface area contributed by atoms with Gasteiger partial charge < -0.3 is 9.84 Å². The fourth-order valence-corrected chi connectivity index (χ4v) is 5.71. The van der Waals surface area contributed by atoms with E-state index >= 15 is 0 Å². The standard InChI is InChI=1S/C18H14F3NO5S/c19-18(20,21)17-13-8-4-5-9-14(13)22(15(17)12(10-27-17)16(23)24)28(25,26)11-6-2-1-3-7-11/h1-9,12,15H,10H2,(H,23,24). The average molecular weight is 413 g/mol. The Morgan fingerprint density at radius 3 is 2.32 bits per heavy atom. The zero-order chi connectivity index (χ0) is 20.3. The number of carboxylic acid groups (broad SMARTS) is 1. The van der Waals surface area contributed by atoms with Crippen LogP contribution in [0.2, 0.25) is 0 Å². The van der Waals surface area contributed by atoms with Crippen LogP contribution in [-0.2, 0) is 25.2 Å². The number of hydrogen-bond acceptors (Lipinski definition) is 4. The van der Waals surface area contributed by atoms with Gasteiger partial charge in [0.15, 0.2) is 0 Å². The van der Waals surface area contributed by atoms with Gasteiger partial charge in [0.25, 0.3) is 10.0 Å². The highest BCUT2D eigenvalue weighted by Crippen LogP contribution is 2.60. The number of ether oxygens (including phenoxy) is 1. The van der Waals surface area contributed by atoms with Gasteiger partial charge in [0.1, 0.15) is 12.0 Å². The number of carboxylic acids is 1. The third-order valence-corrected chi connectivity index (χ3v) is 6.93. The zero-order valence-corrected chi connectivity index (χ0v) is 14.9. The molecule has 148 valence electrons. The number of carbonyl (C=O) groups is 1. The summed E-state index contributed by atoms with van der Waals surface area (Å²) in [4.78, 5) is 11.5. The summed E-state index contributed by atoms with van der Waals surface area (Å²) in [5, 5.41) is 9.50. The second-order valence-electron chi connectivity index (χ2n) is 6.57. The first-order valence-electron chi connectivity index (χ1n) is 8.25. The molecule has 2 aromatic rings. The summed E-state index contributed by atoms with van der Waals surface area (Å²) >= 11 is 0. The maximum atomic E-state index is 14.2. The summed E-state index contributed by atoms with van der Waals surface area (Å²) in [5.74, 6) is -3.25. The molecule has 2 aliphatic rings. The number of benzene rings is 2. The summed E-state index contributed by atoms with van der Waals surface area (Å²) in [6.07, 6.45) is -5.03. The van der Waals surface area contributed by atoms with Crippen LogP contribution in [-0.4, -0.2) is 38.3 Å². The molecule has 4 rings (SSSR count). The van der Waals surface area contributed by atoms with Crippen LogP contribution in [0.15, 0.2) is 59.5 Å². The molecular formula is C18H14F3NO5S. The minimum atomic E-state index is -5.03. The maximum Gasteiger partial charge on any atom is 0.423 e. The number of sulfonamides is 1. The van der Waals surface area contributed by atoms with Crippen molar-refractivity contribution >= 4 is 21.7 Å². The molecule has 0 bridgehead atoms. The summed E-state index contributed by atoms with van der Waals surface area (Å²) in [6, 6.07) is 10.0. The first kappa shape index (κ1) is 18.8. The summed E-state index contributed by atoms with van der Waals surface area (Å²) < 4.78 is 75.0. The number of rotatable bonds is 3. The molecule has 1 fully saturated rings. The number of hydrogen-bond donors (Lipinski definition) is 1. The number of alkyl halides is 3. The van der Waals surface area contributed by atoms with Gasteiger partial charge in [0.2, 0.25) is 5.60 Å². The Bertz CT molecular complexity index is 1040. The molecule has 3 atom stereocenters. The molecular weight excluding hydrogens is 399 g/mol. The predicted molar refractivity (Wildman–Crippen MR) is 91.1 cm³/mol. The molecule has 1 saturated heterocycles. The summed E-state index contributed by atoms with van der Waals surface area (Å²) in [6.45, 7) is -0.755. The Morgan fingerprint density at radius 1 is 1.11 bits per heavy atom. The molecule has 3 unspecified atom stereocenters. The second-order valence-corrected chi connectivity index (χ2v) is 8.38. The molecule has 2 aromatic carbocycles. The number of aliphatic carboxylic acids is 1. The van der Waals surface area contributed by atoms with Crippen molar-refractivity contribution in [1.29, 1.82) is 0 Å². The minimum Gasteiger partial charge on any atom is -0.481 e. The predicted octanol–water partition coefficient (Wildman–Crippen LogP) is 2.75. The third kappa shape index (κ3) is 2.31. The van der Waals surface area contributed by atoms with Crippen LogP contribution in [0.1, 0.15) is 5.56 Å². The van der Waals surface area contributed by atoms with Crippen molar-refractivity contribution in [2.24, 2.45) is 5.92 Å². The molecule has 2 heterocycles. The molecule has 0 aromatic heterocycles. The first-order chi connectivity index (χ1) is 13.1. The highest BCUT2D eigenvalue weighted by molar-refractivity contribution is 7.92. The SMILES string of the molecule is O=C(O)C1COC2(C(F)(F)F)c3ccccc3N(S(=O)(=O)c3ccccc3)C12. The molecule has 6 nitrogen and oxygen atoms in total. The van der Waals surface area contributed by atoms with Crippen LogP contribution in [0.5, 0.6) is 0 Å². The van der Waals surface area contributed by atoms with Gasteiger partial charge in [-0.1, -0.05) is 36.4 Å². The normalized spacial score (nSPS) is 26.8. The van der Waals surface area contributed by atoms with Gasteiger partial charge in [-0.15, -0.1) is 0 Å². The van der Waals surface area contributed by atoms with Gasteiger partial charge in [-0.25, -0.2) is 8.42 Å². The largest absolute Gasteiger partial charge is 0.481 e. The smallest absolute Gasteiger partial charge is 0.423 e. The molecule has 0 aliphatic carbocycles. The van der Waals surface area contributed by atoms with Crippen LogP contribution in [0.4, 0.5) is 18.9 Å². The molecule has 0 saturated carbocycles. The lowest BCUT2D eigenvalue weighted by atomic mass is 9.85. The average Bonchev–Trinajstić information content (AvgIpc) is 3.16. The Balaban J connectivity index is 2.03. The lowest BCUT2D eigenvalue weighted by molar-refractivity contribution is -0.269. The van der Waals surface area contributed by atoms with E-state index in [1.807, 2.05) is 0 Å². The van der Waals surface area contributed by atoms with E-state index in [-0.39, 0.29) is 10.6 Å². The van der Waals surface area contributed by atoms with E-state index in [4.69, 9.17) is 4.74 Å². The molecule has 28 heavy (non-hydrogen) atoms. The van der Waals surface area contributed by atoms with Gasteiger partial charge in [0, 0.05) is 5.56 Å². The molecule has 0 amide bonds. The topological polar surface area (TPSA) is 83.9 Å². The van der Waals surface area contributed by atoms with Crippen molar-refractivity contribution < 1.29 is 36.2 Å². The summed E-state index contributed by atoms with van der Waals surface area (Å²) in [5.41, 5.74) is -3.69. The van der Waals surface area contributed by atoms with E-state index in [1.54, 1.807) is 6.07 Å². The van der Waals surface area contributed by atoms with Gasteiger partial charge in [0.05, 0.1) is 17.2 Å². The van der Waals surface area contributed by atoms with Crippen LogP contribution in [0, 0.1) is 5.92 Å². The van der Waals surface area contributed by atoms with Gasteiger partial charge in [-0.3, -0.25) is 9.10 Å². The molecule has 10 heteroatoms. The van der Waals surface area contributed by atoms with Crippen molar-refractivity contribution in [3.63, 3.8) is 0 Å². The van der Waals surface area contributed by atoms with Crippen LogP contribution >= 0.6 is 0 Å². The van der Waals surface area contributed by atoms with Crippen molar-refractivity contribution in [3.8, 4) is 0 Å². The molecule has 0 radical (unpaired) electrons. The number of anilines is 1. The van der Waals surface area contributed by atoms with Crippen LogP contribution < -0.4 is 4.31 Å². The van der Waals surface area contributed by atoms with Gasteiger partial charge >= 0.3 is 12.1 Å². The molecule has 1 N–H and O–H groups in total. The number of nitrogens with zero attached hydrogens (tertiary/aromatic N) is 1. The Hall–Kier alpha value is -2.59. The van der Waals surface area contributed by atoms with Gasteiger partial charge in [-0.05, 0) is 18.2 Å². The Morgan fingerprint density at radius 2 is 1.71 bits per heavy atom. The van der Waals surface area contributed by atoms with Crippen molar-refractivity contribution in [3.05, 3.63) is 60.2 Å². The van der Waals surface area contributed by atoms with Crippen molar-refractivity contribution in [2.75, 3.05) is 10.9 Å². The maximum absolute atomic E-state index is 14.2. The highest BCUT2D eigenvalue weighted by atomic mass is 32.2. The monoisotopic (exact) mass is 413 g/mol. The lowest BCUT2D eigenvalue weighted by Gasteiger charge is -2.34. The van der Waals surface area contributed by atoms with Gasteiger partial charge in [-0.2, -0.15) is 13.2 Å². The highest BCUT2D eigenvalue weighted by Gasteiger charge is 2.75. The first-order valence-corrected chi connectivity index (χ1v) is 9.69. The lowest BCUT2D eigenvalue weighted by Crippen LogP contribution is -2.55. The quantitative estimate of drug-likeness (QED) is 0.837. The minimum absolute atomic E-state index is 0.236. The van der Waals surface area contributed by atoms with E-state index in [0.29, 0.717) is 4.31 Å². The van der Waals surface area contributed by atoms with E-state index in [2.05, 4.69) is 0 Å². The Labute approximate surface area is 158 Å². The third-order valence-electron chi connectivity index (χ3n) is 5.12. The zero-order valence-electron chi connectivity index (χ0n) is 14.1. The van der Waals surface area contributed by atoms with E-state index in [0.717, 1.165) is 6.07 Å². The Kier molecular flexibility index (Phi) is 3.99. The molecule has 2 aliphatic heterocycles. The molecule has 0 spiro atoms. The second kappa shape index (κ2) is 5.95. The van der Waals surface area contributed by atoms with Crippen molar-refractivity contribution in [1.82, 2.24) is 0 Å². The van der Waals surface area contributed by atoms with E-state index in [9.17, 15) is 31.5 Å². The van der Waals surface area contributed by atoms with Crippen molar-refractivity contribution in [2.45, 2.75) is 22.7 Å². The van der Waals surface area contributed by atoms with E-state index < -0.39 is 51.9 Å². The van der Waals surface area contributed by atoms with Crippen LogP contribution in [0.25, 0.3) is 0 Å². The number of fused-ring (bicyclic) bond motifs is 3. The number of halogens is 3. The van der Waals surface area contributed by atoms with E-state index in [1.165, 1.54) is 42.5 Å². The fraction of sp³-hybridized carbons (Fsp3) is 0.278.